The van der Waals surface area contributed by atoms with Crippen LogP contribution in [0.15, 0.2) is 12.1 Å². The maximum Gasteiger partial charge on any atom is 0.226 e. The van der Waals surface area contributed by atoms with E-state index in [0.717, 1.165) is 0 Å². The fraction of sp³-hybridized carbons (Fsp3) is 0.364. The minimum atomic E-state index is -0.271. The van der Waals surface area contributed by atoms with Gasteiger partial charge in [0, 0.05) is 11.6 Å². The molecule has 94 valence electrons. The molecule has 17 heavy (non-hydrogen) atoms. The van der Waals surface area contributed by atoms with Crippen LogP contribution in [0.5, 0.6) is 5.75 Å². The minimum absolute atomic E-state index is 0.0950. The van der Waals surface area contributed by atoms with Gasteiger partial charge in [0.1, 0.15) is 0 Å². The van der Waals surface area contributed by atoms with Gasteiger partial charge >= 0.3 is 0 Å². The SMILES string of the molecule is CCOCCC(=O)Nc1cc(Cl)cc(Cl)c1O. The van der Waals surface area contributed by atoms with Gasteiger partial charge in [-0.3, -0.25) is 4.79 Å². The van der Waals surface area contributed by atoms with Crippen molar-refractivity contribution in [2.75, 3.05) is 18.5 Å². The van der Waals surface area contributed by atoms with Crippen molar-refractivity contribution < 1.29 is 14.6 Å². The lowest BCUT2D eigenvalue weighted by atomic mass is 10.2. The molecule has 0 aliphatic heterocycles. The number of aromatic hydroxyl groups is 1. The Morgan fingerprint density at radius 2 is 2.18 bits per heavy atom. The van der Waals surface area contributed by atoms with Gasteiger partial charge in [-0.05, 0) is 19.1 Å². The zero-order valence-corrected chi connectivity index (χ0v) is 10.8. The van der Waals surface area contributed by atoms with Crippen molar-refractivity contribution in [1.82, 2.24) is 0 Å². The Labute approximate surface area is 109 Å². The number of ether oxygens (including phenoxy) is 1. The zero-order chi connectivity index (χ0) is 12.8. The second kappa shape index (κ2) is 6.69. The van der Waals surface area contributed by atoms with Gasteiger partial charge in [-0.15, -0.1) is 0 Å². The van der Waals surface area contributed by atoms with Crippen molar-refractivity contribution >= 4 is 34.8 Å². The molecule has 4 nitrogen and oxygen atoms in total. The molecule has 0 heterocycles. The number of halogens is 2. The highest BCUT2D eigenvalue weighted by molar-refractivity contribution is 6.36. The lowest BCUT2D eigenvalue weighted by molar-refractivity contribution is -0.117. The van der Waals surface area contributed by atoms with Crippen LogP contribution < -0.4 is 5.32 Å². The molecule has 1 aromatic carbocycles. The van der Waals surface area contributed by atoms with E-state index < -0.39 is 0 Å². The second-order valence-electron chi connectivity index (χ2n) is 3.28. The fourth-order valence-corrected chi connectivity index (χ4v) is 1.68. The summed E-state index contributed by atoms with van der Waals surface area (Å²) in [6.07, 6.45) is 0.206. The van der Waals surface area contributed by atoms with E-state index >= 15 is 0 Å². The maximum atomic E-state index is 11.5. The lowest BCUT2D eigenvalue weighted by Crippen LogP contribution is -2.14. The number of phenolic OH excluding ortho intramolecular Hbond substituents is 1. The van der Waals surface area contributed by atoms with Gasteiger partial charge < -0.3 is 15.2 Å². The topological polar surface area (TPSA) is 58.6 Å². The first-order valence-corrected chi connectivity index (χ1v) is 5.85. The van der Waals surface area contributed by atoms with Gasteiger partial charge in [0.15, 0.2) is 5.75 Å². The van der Waals surface area contributed by atoms with Crippen molar-refractivity contribution in [3.63, 3.8) is 0 Å². The number of phenols is 1. The molecular formula is C11H13Cl2NO3. The number of carbonyl (C=O) groups excluding carboxylic acids is 1. The Morgan fingerprint density at radius 1 is 1.47 bits per heavy atom. The Kier molecular flexibility index (Phi) is 5.55. The lowest BCUT2D eigenvalue weighted by Gasteiger charge is -2.09. The van der Waals surface area contributed by atoms with Crippen LogP contribution in [0.2, 0.25) is 10.0 Å². The van der Waals surface area contributed by atoms with Crippen LogP contribution in [-0.2, 0) is 9.53 Å². The highest BCUT2D eigenvalue weighted by atomic mass is 35.5. The summed E-state index contributed by atoms with van der Waals surface area (Å²) in [7, 11) is 0. The molecule has 2 N–H and O–H groups in total. The smallest absolute Gasteiger partial charge is 0.226 e. The number of benzene rings is 1. The molecule has 0 saturated heterocycles. The summed E-state index contributed by atoms with van der Waals surface area (Å²) in [6.45, 7) is 2.74. The molecule has 1 aromatic rings. The fourth-order valence-electron chi connectivity index (χ4n) is 1.18. The molecule has 0 fully saturated rings. The number of rotatable bonds is 5. The molecule has 1 rings (SSSR count). The average Bonchev–Trinajstić information content (AvgIpc) is 2.25. The summed E-state index contributed by atoms with van der Waals surface area (Å²) in [4.78, 5) is 11.5. The Bertz CT molecular complexity index is 410. The van der Waals surface area contributed by atoms with Gasteiger partial charge in [-0.1, -0.05) is 23.2 Å². The normalized spacial score (nSPS) is 10.3. The van der Waals surface area contributed by atoms with Crippen LogP contribution in [0.1, 0.15) is 13.3 Å². The van der Waals surface area contributed by atoms with Crippen molar-refractivity contribution in [2.45, 2.75) is 13.3 Å². The highest BCUT2D eigenvalue weighted by Crippen LogP contribution is 2.34. The molecular weight excluding hydrogens is 265 g/mol. The number of nitrogens with one attached hydrogen (secondary N) is 1. The summed E-state index contributed by atoms with van der Waals surface area (Å²) < 4.78 is 5.04. The third-order valence-electron chi connectivity index (χ3n) is 1.98. The molecule has 0 bridgehead atoms. The standard InChI is InChI=1S/C11H13Cl2NO3/c1-2-17-4-3-10(15)14-9-6-7(12)5-8(13)11(9)16/h5-6,16H,2-4H2,1H3,(H,14,15). The molecule has 1 amide bonds. The maximum absolute atomic E-state index is 11.5. The second-order valence-corrected chi connectivity index (χ2v) is 4.12. The van der Waals surface area contributed by atoms with Gasteiger partial charge in [-0.2, -0.15) is 0 Å². The minimum Gasteiger partial charge on any atom is -0.504 e. The zero-order valence-electron chi connectivity index (χ0n) is 9.30. The average molecular weight is 278 g/mol. The van der Waals surface area contributed by atoms with E-state index in [2.05, 4.69) is 5.32 Å². The van der Waals surface area contributed by atoms with Crippen LogP contribution in [-0.4, -0.2) is 24.2 Å². The molecule has 0 atom stereocenters. The summed E-state index contributed by atoms with van der Waals surface area (Å²) in [5.41, 5.74) is 0.198. The Hall–Kier alpha value is -0.970. The first kappa shape index (κ1) is 14.1. The third-order valence-corrected chi connectivity index (χ3v) is 2.49. The van der Waals surface area contributed by atoms with Crippen molar-refractivity contribution in [1.29, 1.82) is 0 Å². The predicted molar refractivity (Wildman–Crippen MR) is 67.9 cm³/mol. The van der Waals surface area contributed by atoms with E-state index in [1.807, 2.05) is 6.92 Å². The van der Waals surface area contributed by atoms with Crippen LogP contribution in [0.25, 0.3) is 0 Å². The van der Waals surface area contributed by atoms with Crippen LogP contribution in [0.4, 0.5) is 5.69 Å². The number of carbonyl (C=O) groups is 1. The number of hydrogen-bond donors (Lipinski definition) is 2. The van der Waals surface area contributed by atoms with E-state index in [-0.39, 0.29) is 28.8 Å². The van der Waals surface area contributed by atoms with E-state index in [4.69, 9.17) is 27.9 Å². The molecule has 0 radical (unpaired) electrons. The third kappa shape index (κ3) is 4.42. The molecule has 0 spiro atoms. The highest BCUT2D eigenvalue weighted by Gasteiger charge is 2.10. The van der Waals surface area contributed by atoms with Gasteiger partial charge in [-0.25, -0.2) is 0 Å². The van der Waals surface area contributed by atoms with Crippen molar-refractivity contribution in [2.24, 2.45) is 0 Å². The van der Waals surface area contributed by atoms with Crippen molar-refractivity contribution in [3.05, 3.63) is 22.2 Å². The number of anilines is 1. The largest absolute Gasteiger partial charge is 0.504 e. The van der Waals surface area contributed by atoms with Gasteiger partial charge in [0.05, 0.1) is 23.7 Å². The molecule has 0 aromatic heterocycles. The van der Waals surface area contributed by atoms with E-state index in [9.17, 15) is 9.90 Å². The quantitative estimate of drug-likeness (QED) is 0.642. The summed E-state index contributed by atoms with van der Waals surface area (Å²) in [6, 6.07) is 2.83. The summed E-state index contributed by atoms with van der Waals surface area (Å²) in [5.74, 6) is -0.465. The Morgan fingerprint density at radius 3 is 2.82 bits per heavy atom. The summed E-state index contributed by atoms with van der Waals surface area (Å²) in [5, 5.41) is 12.6. The number of hydrogen-bond acceptors (Lipinski definition) is 3. The molecule has 6 heteroatoms. The summed E-state index contributed by atoms with van der Waals surface area (Å²) >= 11 is 11.5. The van der Waals surface area contributed by atoms with E-state index in [1.165, 1.54) is 12.1 Å². The predicted octanol–water partition coefficient (Wildman–Crippen LogP) is 3.06. The van der Waals surface area contributed by atoms with E-state index in [0.29, 0.717) is 18.2 Å². The van der Waals surface area contributed by atoms with Gasteiger partial charge in [0.25, 0.3) is 0 Å². The van der Waals surface area contributed by atoms with Crippen LogP contribution >= 0.6 is 23.2 Å². The molecule has 0 aliphatic rings. The molecule has 0 aliphatic carbocycles. The Balaban J connectivity index is 2.65. The number of amides is 1. The van der Waals surface area contributed by atoms with Crippen molar-refractivity contribution in [3.8, 4) is 5.75 Å². The molecule has 0 saturated carbocycles. The van der Waals surface area contributed by atoms with Crippen LogP contribution in [0, 0.1) is 0 Å². The van der Waals surface area contributed by atoms with Crippen LogP contribution in [0.3, 0.4) is 0 Å². The molecule has 0 unspecified atom stereocenters. The first-order valence-electron chi connectivity index (χ1n) is 5.10. The van der Waals surface area contributed by atoms with Gasteiger partial charge in [0.2, 0.25) is 5.91 Å². The monoisotopic (exact) mass is 277 g/mol. The first-order chi connectivity index (χ1) is 8.04. The van der Waals surface area contributed by atoms with E-state index in [1.54, 1.807) is 0 Å².